The van der Waals surface area contributed by atoms with Crippen molar-refractivity contribution < 1.29 is 23.0 Å². The Morgan fingerprint density at radius 2 is 1.58 bits per heavy atom. The summed E-state index contributed by atoms with van der Waals surface area (Å²) in [6.07, 6.45) is 0. The number of hydrogen-bond acceptors (Lipinski definition) is 6. The smallest absolute Gasteiger partial charge is 0.182 e. The maximum Gasteiger partial charge on any atom is 0.182 e. The number of anilines is 1. The van der Waals surface area contributed by atoms with Crippen LogP contribution in [-0.2, 0) is 20.3 Å². The van der Waals surface area contributed by atoms with Crippen LogP contribution in [-0.4, -0.2) is 40.0 Å². The molecule has 130 valence electrons. The number of rotatable bonds is 9. The molecule has 0 atom stereocenters. The number of sulfone groups is 1. The fraction of sp³-hybridized carbons (Fsp3) is 0.294. The van der Waals surface area contributed by atoms with E-state index in [1.54, 1.807) is 36.4 Å². The first-order valence-electron chi connectivity index (χ1n) is 7.50. The summed E-state index contributed by atoms with van der Waals surface area (Å²) in [5, 5.41) is 8.58. The summed E-state index contributed by atoms with van der Waals surface area (Å²) in [6, 6.07) is 13.0. The number of nitrogens with two attached hydrogens (primary N) is 1. The topological polar surface area (TPSA) is 98.9 Å². The lowest BCUT2D eigenvalue weighted by Gasteiger charge is -2.08. The van der Waals surface area contributed by atoms with E-state index in [4.69, 9.17) is 20.3 Å². The fourth-order valence-corrected chi connectivity index (χ4v) is 3.39. The second-order valence-corrected chi connectivity index (χ2v) is 7.15. The molecular formula is C17H21NO5S. The summed E-state index contributed by atoms with van der Waals surface area (Å²) < 4.78 is 35.3. The van der Waals surface area contributed by atoms with Gasteiger partial charge in [-0.15, -0.1) is 0 Å². The van der Waals surface area contributed by atoms with E-state index in [1.165, 1.54) is 12.1 Å². The van der Waals surface area contributed by atoms with Gasteiger partial charge in [0.05, 0.1) is 30.5 Å². The zero-order valence-corrected chi connectivity index (χ0v) is 14.0. The van der Waals surface area contributed by atoms with E-state index in [0.717, 1.165) is 0 Å². The number of benzene rings is 2. The van der Waals surface area contributed by atoms with E-state index in [1.807, 2.05) is 0 Å². The molecule has 0 aliphatic carbocycles. The summed E-state index contributed by atoms with van der Waals surface area (Å²) in [5.74, 6) is 0.549. The lowest BCUT2D eigenvalue weighted by atomic mass is 10.2. The summed E-state index contributed by atoms with van der Waals surface area (Å²) in [5.41, 5.74) is 6.78. The van der Waals surface area contributed by atoms with Crippen molar-refractivity contribution in [3.05, 3.63) is 54.1 Å². The number of nitrogen functional groups attached to an aromatic ring is 1. The maximum absolute atomic E-state index is 12.4. The Labute approximate surface area is 141 Å². The summed E-state index contributed by atoms with van der Waals surface area (Å²) in [7, 11) is -3.41. The molecule has 0 heterocycles. The third-order valence-electron chi connectivity index (χ3n) is 3.25. The van der Waals surface area contributed by atoms with Crippen LogP contribution in [0.2, 0.25) is 0 Å². The van der Waals surface area contributed by atoms with Crippen molar-refractivity contribution in [1.82, 2.24) is 0 Å². The van der Waals surface area contributed by atoms with Crippen molar-refractivity contribution in [3.8, 4) is 5.75 Å². The molecule has 0 fully saturated rings. The molecule has 0 aliphatic heterocycles. The summed E-state index contributed by atoms with van der Waals surface area (Å²) >= 11 is 0. The molecule has 0 aliphatic rings. The van der Waals surface area contributed by atoms with E-state index in [2.05, 4.69) is 0 Å². The average molecular weight is 351 g/mol. The third kappa shape index (κ3) is 5.52. The molecule has 2 rings (SSSR count). The molecule has 7 heteroatoms. The molecule has 2 aromatic carbocycles. The highest BCUT2D eigenvalue weighted by Crippen LogP contribution is 2.19. The molecule has 0 saturated heterocycles. The molecule has 0 unspecified atom stereocenters. The highest BCUT2D eigenvalue weighted by Gasteiger charge is 2.15. The number of aliphatic hydroxyl groups excluding tert-OH is 1. The summed E-state index contributed by atoms with van der Waals surface area (Å²) in [4.78, 5) is 0.248. The van der Waals surface area contributed by atoms with Crippen LogP contribution in [0.15, 0.2) is 53.4 Å². The van der Waals surface area contributed by atoms with Crippen LogP contribution < -0.4 is 10.5 Å². The van der Waals surface area contributed by atoms with Crippen molar-refractivity contribution in [2.24, 2.45) is 0 Å². The van der Waals surface area contributed by atoms with Crippen LogP contribution in [0, 0.1) is 0 Å². The van der Waals surface area contributed by atoms with E-state index in [0.29, 0.717) is 30.2 Å². The van der Waals surface area contributed by atoms with Gasteiger partial charge in [-0.05, 0) is 42.0 Å². The van der Waals surface area contributed by atoms with Gasteiger partial charge in [0.15, 0.2) is 9.84 Å². The Balaban J connectivity index is 1.92. The van der Waals surface area contributed by atoms with Crippen LogP contribution >= 0.6 is 0 Å². The average Bonchev–Trinajstić information content (AvgIpc) is 2.56. The van der Waals surface area contributed by atoms with Crippen LogP contribution in [0.3, 0.4) is 0 Å². The zero-order chi connectivity index (χ0) is 17.4. The van der Waals surface area contributed by atoms with Crippen LogP contribution in [0.25, 0.3) is 0 Å². The lowest BCUT2D eigenvalue weighted by Crippen LogP contribution is -2.09. The Bertz CT molecular complexity index is 727. The minimum atomic E-state index is -3.41. The molecule has 0 radical (unpaired) electrons. The van der Waals surface area contributed by atoms with Gasteiger partial charge in [-0.2, -0.15) is 0 Å². The Morgan fingerprint density at radius 1 is 0.917 bits per heavy atom. The lowest BCUT2D eigenvalue weighted by molar-refractivity contribution is 0.0705. The normalized spacial score (nSPS) is 11.4. The summed E-state index contributed by atoms with van der Waals surface area (Å²) in [6.45, 7) is 1.01. The van der Waals surface area contributed by atoms with Gasteiger partial charge in [0.1, 0.15) is 12.4 Å². The molecule has 0 bridgehead atoms. The van der Waals surface area contributed by atoms with Gasteiger partial charge in [-0.3, -0.25) is 0 Å². The van der Waals surface area contributed by atoms with Gasteiger partial charge in [-0.1, -0.05) is 12.1 Å². The third-order valence-corrected chi connectivity index (χ3v) is 4.96. The van der Waals surface area contributed by atoms with Gasteiger partial charge >= 0.3 is 0 Å². The molecular weight excluding hydrogens is 330 g/mol. The van der Waals surface area contributed by atoms with Crippen LogP contribution in [0.5, 0.6) is 5.75 Å². The van der Waals surface area contributed by atoms with E-state index in [9.17, 15) is 8.42 Å². The van der Waals surface area contributed by atoms with Crippen molar-refractivity contribution in [2.75, 3.05) is 32.2 Å². The first-order chi connectivity index (χ1) is 11.5. The Hall–Kier alpha value is -2.09. The highest BCUT2D eigenvalue weighted by molar-refractivity contribution is 7.90. The first-order valence-corrected chi connectivity index (χ1v) is 9.15. The van der Waals surface area contributed by atoms with Gasteiger partial charge < -0.3 is 20.3 Å². The molecule has 0 amide bonds. The van der Waals surface area contributed by atoms with Crippen molar-refractivity contribution in [3.63, 3.8) is 0 Å². The number of ether oxygens (including phenoxy) is 2. The SMILES string of the molecule is Nc1ccc(S(=O)(=O)Cc2ccc(OCCOCCO)cc2)cc1. The molecule has 0 saturated carbocycles. The number of aliphatic hydroxyl groups is 1. The molecule has 24 heavy (non-hydrogen) atoms. The quantitative estimate of drug-likeness (QED) is 0.526. The Morgan fingerprint density at radius 3 is 2.21 bits per heavy atom. The zero-order valence-electron chi connectivity index (χ0n) is 13.2. The van der Waals surface area contributed by atoms with Crippen molar-refractivity contribution in [2.45, 2.75) is 10.6 Å². The van der Waals surface area contributed by atoms with E-state index >= 15 is 0 Å². The molecule has 0 aromatic heterocycles. The van der Waals surface area contributed by atoms with Crippen LogP contribution in [0.1, 0.15) is 5.56 Å². The Kier molecular flexibility index (Phi) is 6.60. The molecule has 0 spiro atoms. The minimum absolute atomic E-state index is 0.0167. The van der Waals surface area contributed by atoms with Gasteiger partial charge in [0.25, 0.3) is 0 Å². The largest absolute Gasteiger partial charge is 0.491 e. The van der Waals surface area contributed by atoms with Crippen LogP contribution in [0.4, 0.5) is 5.69 Å². The second-order valence-electron chi connectivity index (χ2n) is 5.16. The second kappa shape index (κ2) is 8.68. The van der Waals surface area contributed by atoms with Gasteiger partial charge in [0, 0.05) is 5.69 Å². The van der Waals surface area contributed by atoms with Gasteiger partial charge in [-0.25, -0.2) is 8.42 Å². The van der Waals surface area contributed by atoms with E-state index < -0.39 is 9.84 Å². The number of hydrogen-bond donors (Lipinski definition) is 2. The van der Waals surface area contributed by atoms with Crippen molar-refractivity contribution >= 4 is 15.5 Å². The molecule has 6 nitrogen and oxygen atoms in total. The predicted octanol–water partition coefficient (Wildman–Crippen LogP) is 1.63. The molecule has 3 N–H and O–H groups in total. The monoisotopic (exact) mass is 351 g/mol. The van der Waals surface area contributed by atoms with Gasteiger partial charge in [0.2, 0.25) is 0 Å². The fourth-order valence-electron chi connectivity index (χ4n) is 2.04. The first kappa shape index (κ1) is 18.3. The maximum atomic E-state index is 12.4. The predicted molar refractivity (Wildman–Crippen MR) is 91.6 cm³/mol. The molecule has 2 aromatic rings. The standard InChI is InChI=1S/C17H21NO5S/c18-15-3-7-17(8-4-15)24(20,21)13-14-1-5-16(6-2-14)23-12-11-22-10-9-19/h1-8,19H,9-13,18H2. The van der Waals surface area contributed by atoms with E-state index in [-0.39, 0.29) is 23.9 Å². The minimum Gasteiger partial charge on any atom is -0.491 e. The van der Waals surface area contributed by atoms with Crippen molar-refractivity contribution in [1.29, 1.82) is 0 Å². The highest BCUT2D eigenvalue weighted by atomic mass is 32.2.